The van der Waals surface area contributed by atoms with Crippen molar-refractivity contribution in [3.8, 4) is 17.0 Å². The molecule has 0 radical (unpaired) electrons. The molecule has 2 aliphatic carbocycles. The molecule has 2 atom stereocenters. The Kier molecular flexibility index (Phi) is 5.63. The van der Waals surface area contributed by atoms with Crippen molar-refractivity contribution in [2.75, 3.05) is 0 Å². The van der Waals surface area contributed by atoms with Crippen LogP contribution >= 0.6 is 11.6 Å². The molecule has 2 fully saturated rings. The highest BCUT2D eigenvalue weighted by molar-refractivity contribution is 6.33. The van der Waals surface area contributed by atoms with E-state index >= 15 is 0 Å². The van der Waals surface area contributed by atoms with E-state index in [9.17, 15) is 9.90 Å². The van der Waals surface area contributed by atoms with Crippen LogP contribution in [0.2, 0.25) is 5.02 Å². The van der Waals surface area contributed by atoms with Crippen LogP contribution in [0.5, 0.6) is 5.75 Å². The van der Waals surface area contributed by atoms with Gasteiger partial charge >= 0.3 is 5.97 Å². The van der Waals surface area contributed by atoms with E-state index in [0.717, 1.165) is 47.8 Å². The van der Waals surface area contributed by atoms with E-state index in [2.05, 4.69) is 18.8 Å². The quantitative estimate of drug-likeness (QED) is 0.563. The molecular weight excluding hydrogens is 398 g/mol. The van der Waals surface area contributed by atoms with Crippen LogP contribution < -0.4 is 0 Å². The van der Waals surface area contributed by atoms with E-state index in [4.69, 9.17) is 16.7 Å². The number of carboxylic acid groups (broad SMARTS) is 1. The number of aromatic nitrogens is 1. The first-order valence-electron chi connectivity index (χ1n) is 10.6. The highest BCUT2D eigenvalue weighted by Crippen LogP contribution is 2.53. The van der Waals surface area contributed by atoms with Crippen LogP contribution in [0.15, 0.2) is 36.5 Å². The maximum absolute atomic E-state index is 10.7. The van der Waals surface area contributed by atoms with Crippen LogP contribution in [-0.2, 0) is 10.2 Å². The summed E-state index contributed by atoms with van der Waals surface area (Å²) in [7, 11) is 0. The molecule has 1 aromatic heterocycles. The van der Waals surface area contributed by atoms with Crippen molar-refractivity contribution in [1.29, 1.82) is 0 Å². The van der Waals surface area contributed by atoms with Gasteiger partial charge in [0.05, 0.1) is 10.7 Å². The van der Waals surface area contributed by atoms with Gasteiger partial charge in [-0.05, 0) is 91.2 Å². The maximum atomic E-state index is 10.7. The van der Waals surface area contributed by atoms with E-state index < -0.39 is 5.97 Å². The van der Waals surface area contributed by atoms with Crippen molar-refractivity contribution in [2.45, 2.75) is 51.4 Å². The van der Waals surface area contributed by atoms with Crippen molar-refractivity contribution < 1.29 is 15.0 Å². The second kappa shape index (κ2) is 8.07. The van der Waals surface area contributed by atoms with E-state index in [1.807, 2.05) is 12.1 Å². The fourth-order valence-electron chi connectivity index (χ4n) is 5.90. The number of aromatic hydroxyl groups is 1. The predicted octanol–water partition coefficient (Wildman–Crippen LogP) is 6.31. The number of carbonyl (C=O) groups is 1. The first-order valence-corrected chi connectivity index (χ1v) is 11.0. The Hall–Kier alpha value is -2.33. The van der Waals surface area contributed by atoms with Gasteiger partial charge in [-0.2, -0.15) is 0 Å². The summed E-state index contributed by atoms with van der Waals surface area (Å²) in [5.74, 6) is 1.57. The van der Waals surface area contributed by atoms with E-state index in [0.29, 0.717) is 22.0 Å². The van der Waals surface area contributed by atoms with E-state index in [-0.39, 0.29) is 5.41 Å². The smallest absolute Gasteiger partial charge is 0.328 e. The minimum Gasteiger partial charge on any atom is -0.508 e. The van der Waals surface area contributed by atoms with Crippen LogP contribution in [0.1, 0.15) is 57.1 Å². The summed E-state index contributed by atoms with van der Waals surface area (Å²) in [6.07, 6.45) is 10.2. The number of aliphatic carboxylic acids is 1. The number of carboxylic acids is 1. The number of pyridine rings is 1. The Morgan fingerprint density at radius 3 is 2.53 bits per heavy atom. The maximum Gasteiger partial charge on any atom is 0.328 e. The average molecular weight is 426 g/mol. The van der Waals surface area contributed by atoms with Gasteiger partial charge in [0.15, 0.2) is 0 Å². The number of nitrogens with zero attached hydrogens (tertiary/aromatic N) is 1. The fraction of sp³-hybridized carbons (Fsp3) is 0.440. The summed E-state index contributed by atoms with van der Waals surface area (Å²) in [5, 5.41) is 20.0. The molecule has 1 aromatic carbocycles. The molecule has 2 unspecified atom stereocenters. The topological polar surface area (TPSA) is 70.4 Å². The fourth-order valence-corrected chi connectivity index (χ4v) is 6.18. The lowest BCUT2D eigenvalue weighted by atomic mass is 9.57. The van der Waals surface area contributed by atoms with Crippen molar-refractivity contribution in [3.63, 3.8) is 0 Å². The summed E-state index contributed by atoms with van der Waals surface area (Å²) in [5.41, 5.74) is 3.07. The molecule has 0 amide bonds. The van der Waals surface area contributed by atoms with Crippen LogP contribution in [-0.4, -0.2) is 21.2 Å². The monoisotopic (exact) mass is 425 g/mol. The molecule has 2 aliphatic rings. The van der Waals surface area contributed by atoms with Gasteiger partial charge in [0.25, 0.3) is 0 Å². The Morgan fingerprint density at radius 2 is 1.90 bits per heavy atom. The van der Waals surface area contributed by atoms with Gasteiger partial charge in [0, 0.05) is 23.4 Å². The second-order valence-corrected chi connectivity index (χ2v) is 9.92. The SMILES string of the molecule is CC1CC2CC(C1)CC(C)(c1cc(-c3ncc(/C=C/C(=O)O)cc3Cl)ccc1O)C2. The molecule has 4 nitrogen and oxygen atoms in total. The zero-order valence-electron chi connectivity index (χ0n) is 17.4. The molecule has 30 heavy (non-hydrogen) atoms. The molecule has 2 N–H and O–H groups in total. The largest absolute Gasteiger partial charge is 0.508 e. The van der Waals surface area contributed by atoms with Crippen LogP contribution in [0.4, 0.5) is 0 Å². The molecule has 5 heteroatoms. The minimum atomic E-state index is -1.02. The third kappa shape index (κ3) is 4.24. The lowest BCUT2D eigenvalue weighted by molar-refractivity contribution is -0.131. The van der Waals surface area contributed by atoms with Gasteiger partial charge in [0.2, 0.25) is 0 Å². The molecule has 2 saturated carbocycles. The highest BCUT2D eigenvalue weighted by atomic mass is 35.5. The standard InChI is InChI=1S/C25H28ClNO3/c1-15-7-17-9-18(8-15)13-25(2,12-17)20-11-19(4-5-22(20)28)24-21(26)10-16(14-27-24)3-6-23(29)30/h3-6,10-11,14-15,17-18,28H,7-9,12-13H2,1-2H3,(H,29,30)/b6-3+. The number of benzene rings is 1. The van der Waals surface area contributed by atoms with Crippen molar-refractivity contribution >= 4 is 23.6 Å². The minimum absolute atomic E-state index is 0.0511. The summed E-state index contributed by atoms with van der Waals surface area (Å²) in [6, 6.07) is 7.35. The molecule has 2 aromatic rings. The number of phenolic OH excluding ortho intramolecular Hbond substituents is 1. The summed E-state index contributed by atoms with van der Waals surface area (Å²) in [6.45, 7) is 4.65. The number of phenols is 1. The van der Waals surface area contributed by atoms with Crippen molar-refractivity contribution in [3.05, 3.63) is 52.7 Å². The van der Waals surface area contributed by atoms with Gasteiger partial charge in [0.1, 0.15) is 5.75 Å². The molecule has 4 rings (SSSR count). The predicted molar refractivity (Wildman–Crippen MR) is 120 cm³/mol. The van der Waals surface area contributed by atoms with Crippen LogP contribution in [0, 0.1) is 17.8 Å². The summed E-state index contributed by atoms with van der Waals surface area (Å²) >= 11 is 6.48. The number of hydrogen-bond donors (Lipinski definition) is 2. The lowest BCUT2D eigenvalue weighted by Crippen LogP contribution is -2.38. The third-order valence-electron chi connectivity index (χ3n) is 6.82. The number of hydrogen-bond acceptors (Lipinski definition) is 3. The summed E-state index contributed by atoms with van der Waals surface area (Å²) in [4.78, 5) is 15.2. The van der Waals surface area contributed by atoms with Gasteiger partial charge in [-0.15, -0.1) is 0 Å². The Balaban J connectivity index is 1.66. The van der Waals surface area contributed by atoms with Gasteiger partial charge in [-0.25, -0.2) is 4.79 Å². The van der Waals surface area contributed by atoms with Gasteiger partial charge in [-0.3, -0.25) is 4.98 Å². The Morgan fingerprint density at radius 1 is 1.20 bits per heavy atom. The normalized spacial score (nSPS) is 28.6. The molecular formula is C25H28ClNO3. The van der Waals surface area contributed by atoms with E-state index in [1.165, 1.54) is 25.3 Å². The Bertz CT molecular complexity index is 982. The van der Waals surface area contributed by atoms with Crippen LogP contribution in [0.25, 0.3) is 17.3 Å². The Labute approximate surface area is 182 Å². The molecule has 0 saturated heterocycles. The first-order chi connectivity index (χ1) is 14.2. The molecule has 1 heterocycles. The van der Waals surface area contributed by atoms with Crippen molar-refractivity contribution in [2.24, 2.45) is 17.8 Å². The summed E-state index contributed by atoms with van der Waals surface area (Å²) < 4.78 is 0. The third-order valence-corrected chi connectivity index (χ3v) is 7.11. The number of fused-ring (bicyclic) bond motifs is 2. The highest BCUT2D eigenvalue weighted by Gasteiger charge is 2.43. The molecule has 2 bridgehead atoms. The molecule has 158 valence electrons. The second-order valence-electron chi connectivity index (χ2n) is 9.52. The number of rotatable bonds is 4. The number of halogens is 1. The zero-order valence-corrected chi connectivity index (χ0v) is 18.2. The van der Waals surface area contributed by atoms with Gasteiger partial charge < -0.3 is 10.2 Å². The average Bonchev–Trinajstić information content (AvgIpc) is 2.66. The first kappa shape index (κ1) is 20.9. The van der Waals surface area contributed by atoms with Crippen molar-refractivity contribution in [1.82, 2.24) is 4.98 Å². The molecule has 0 spiro atoms. The van der Waals surface area contributed by atoms with Gasteiger partial charge in [-0.1, -0.05) is 25.4 Å². The lowest BCUT2D eigenvalue weighted by Gasteiger charge is -2.47. The molecule has 0 aliphatic heterocycles. The van der Waals surface area contributed by atoms with Crippen LogP contribution in [0.3, 0.4) is 0 Å². The zero-order chi connectivity index (χ0) is 21.5. The van der Waals surface area contributed by atoms with E-state index in [1.54, 1.807) is 18.3 Å².